The normalized spacial score (nSPS) is 29.4. The molecule has 4 heteroatoms. The molecule has 2 heterocycles. The SMILES string of the molecule is CCC1(C(=O)N2CCC(C3CCCN3)CC2)CCCC1.Cl. The molecule has 0 radical (unpaired) electrons. The minimum absolute atomic E-state index is 0. The second-order valence-electron chi connectivity index (χ2n) is 7.17. The highest BCUT2D eigenvalue weighted by atomic mass is 35.5. The van der Waals surface area contributed by atoms with E-state index in [9.17, 15) is 4.79 Å². The molecule has 0 aromatic rings. The first-order valence-electron chi connectivity index (χ1n) is 8.78. The number of nitrogens with one attached hydrogen (secondary N) is 1. The van der Waals surface area contributed by atoms with Gasteiger partial charge in [0, 0.05) is 24.5 Å². The summed E-state index contributed by atoms with van der Waals surface area (Å²) in [6.07, 6.45) is 10.9. The summed E-state index contributed by atoms with van der Waals surface area (Å²) in [5.74, 6) is 1.29. The lowest BCUT2D eigenvalue weighted by atomic mass is 9.80. The maximum atomic E-state index is 12.9. The zero-order valence-corrected chi connectivity index (χ0v) is 14.2. The van der Waals surface area contributed by atoms with Gasteiger partial charge in [-0.15, -0.1) is 12.4 Å². The van der Waals surface area contributed by atoms with Crippen molar-refractivity contribution < 1.29 is 4.79 Å². The topological polar surface area (TPSA) is 32.3 Å². The number of nitrogens with zero attached hydrogens (tertiary/aromatic N) is 1. The highest BCUT2D eigenvalue weighted by Crippen LogP contribution is 2.43. The lowest BCUT2D eigenvalue weighted by molar-refractivity contribution is -0.143. The Labute approximate surface area is 135 Å². The monoisotopic (exact) mass is 314 g/mol. The third-order valence-corrected chi connectivity index (χ3v) is 6.19. The van der Waals surface area contributed by atoms with E-state index >= 15 is 0 Å². The number of likely N-dealkylation sites (tertiary alicyclic amines) is 1. The molecule has 1 saturated carbocycles. The fourth-order valence-electron chi connectivity index (χ4n) is 4.72. The number of rotatable bonds is 3. The van der Waals surface area contributed by atoms with E-state index in [4.69, 9.17) is 0 Å². The highest BCUT2D eigenvalue weighted by Gasteiger charge is 2.42. The number of amides is 1. The van der Waals surface area contributed by atoms with Crippen molar-refractivity contribution in [2.45, 2.75) is 70.8 Å². The summed E-state index contributed by atoms with van der Waals surface area (Å²) < 4.78 is 0. The molecular weight excluding hydrogens is 284 g/mol. The molecule has 1 atom stereocenters. The van der Waals surface area contributed by atoms with Crippen molar-refractivity contribution in [1.82, 2.24) is 10.2 Å². The fraction of sp³-hybridized carbons (Fsp3) is 0.941. The molecule has 2 aliphatic heterocycles. The van der Waals surface area contributed by atoms with Gasteiger partial charge in [0.25, 0.3) is 0 Å². The largest absolute Gasteiger partial charge is 0.342 e. The molecule has 1 amide bonds. The summed E-state index contributed by atoms with van der Waals surface area (Å²) in [6.45, 7) is 5.41. The molecule has 3 aliphatic rings. The smallest absolute Gasteiger partial charge is 0.228 e. The van der Waals surface area contributed by atoms with E-state index in [-0.39, 0.29) is 17.8 Å². The van der Waals surface area contributed by atoms with Crippen molar-refractivity contribution >= 4 is 18.3 Å². The molecule has 21 heavy (non-hydrogen) atoms. The summed E-state index contributed by atoms with van der Waals surface area (Å²) in [5, 5.41) is 3.64. The molecule has 2 saturated heterocycles. The van der Waals surface area contributed by atoms with Gasteiger partial charge in [-0.1, -0.05) is 19.8 Å². The van der Waals surface area contributed by atoms with Crippen LogP contribution in [0.3, 0.4) is 0 Å². The third-order valence-electron chi connectivity index (χ3n) is 6.19. The van der Waals surface area contributed by atoms with E-state index in [0.717, 1.165) is 44.3 Å². The number of hydrogen-bond donors (Lipinski definition) is 1. The maximum absolute atomic E-state index is 12.9. The maximum Gasteiger partial charge on any atom is 0.228 e. The van der Waals surface area contributed by atoms with Gasteiger partial charge in [-0.05, 0) is 57.4 Å². The first kappa shape index (κ1) is 17.1. The standard InChI is InChI=1S/C17H30N2O.ClH/c1-2-17(9-3-4-10-17)16(20)19-12-7-14(8-13-19)15-6-5-11-18-15;/h14-15,18H,2-13H2,1H3;1H. The van der Waals surface area contributed by atoms with Crippen LogP contribution < -0.4 is 5.32 Å². The summed E-state index contributed by atoms with van der Waals surface area (Å²) in [6, 6.07) is 0.735. The van der Waals surface area contributed by atoms with Crippen LogP contribution in [0.15, 0.2) is 0 Å². The van der Waals surface area contributed by atoms with E-state index in [1.807, 2.05) is 0 Å². The first-order chi connectivity index (χ1) is 9.75. The quantitative estimate of drug-likeness (QED) is 0.866. The minimum Gasteiger partial charge on any atom is -0.342 e. The van der Waals surface area contributed by atoms with Crippen LogP contribution in [-0.2, 0) is 4.79 Å². The summed E-state index contributed by atoms with van der Waals surface area (Å²) in [4.78, 5) is 15.1. The average Bonchev–Trinajstić information content (AvgIpc) is 3.18. The van der Waals surface area contributed by atoms with Gasteiger partial charge in [0.15, 0.2) is 0 Å². The minimum atomic E-state index is 0. The molecule has 3 rings (SSSR count). The second kappa shape index (κ2) is 7.32. The summed E-state index contributed by atoms with van der Waals surface area (Å²) >= 11 is 0. The Hall–Kier alpha value is -0.280. The molecule has 0 spiro atoms. The van der Waals surface area contributed by atoms with E-state index in [1.54, 1.807) is 0 Å². The highest BCUT2D eigenvalue weighted by molar-refractivity contribution is 5.85. The lowest BCUT2D eigenvalue weighted by Crippen LogP contribution is -2.48. The van der Waals surface area contributed by atoms with Gasteiger partial charge in [-0.25, -0.2) is 0 Å². The number of piperidine rings is 1. The first-order valence-corrected chi connectivity index (χ1v) is 8.78. The molecule has 3 nitrogen and oxygen atoms in total. The average molecular weight is 315 g/mol. The number of carbonyl (C=O) groups excluding carboxylic acids is 1. The van der Waals surface area contributed by atoms with Crippen molar-refractivity contribution in [1.29, 1.82) is 0 Å². The molecular formula is C17H31ClN2O. The number of halogens is 1. The van der Waals surface area contributed by atoms with Crippen LogP contribution in [0.5, 0.6) is 0 Å². The van der Waals surface area contributed by atoms with E-state index < -0.39 is 0 Å². The Morgan fingerprint density at radius 3 is 2.33 bits per heavy atom. The second-order valence-corrected chi connectivity index (χ2v) is 7.17. The summed E-state index contributed by atoms with van der Waals surface area (Å²) in [7, 11) is 0. The number of hydrogen-bond acceptors (Lipinski definition) is 2. The van der Waals surface area contributed by atoms with Crippen molar-refractivity contribution in [2.24, 2.45) is 11.3 Å². The predicted molar refractivity (Wildman–Crippen MR) is 88.8 cm³/mol. The fourth-order valence-corrected chi connectivity index (χ4v) is 4.72. The van der Waals surface area contributed by atoms with Gasteiger partial charge in [0.05, 0.1) is 0 Å². The van der Waals surface area contributed by atoms with Crippen LogP contribution in [0, 0.1) is 11.3 Å². The van der Waals surface area contributed by atoms with E-state index in [1.165, 1.54) is 45.1 Å². The van der Waals surface area contributed by atoms with Crippen LogP contribution >= 0.6 is 12.4 Å². The molecule has 3 fully saturated rings. The van der Waals surface area contributed by atoms with Crippen LogP contribution in [0.1, 0.15) is 64.7 Å². The summed E-state index contributed by atoms with van der Waals surface area (Å²) in [5.41, 5.74) is 0.0123. The van der Waals surface area contributed by atoms with E-state index in [2.05, 4.69) is 17.1 Å². The molecule has 0 aromatic carbocycles. The van der Waals surface area contributed by atoms with Gasteiger partial charge in [0.2, 0.25) is 5.91 Å². The lowest BCUT2D eigenvalue weighted by Gasteiger charge is -2.39. The van der Waals surface area contributed by atoms with Crippen molar-refractivity contribution in [3.8, 4) is 0 Å². The Kier molecular flexibility index (Phi) is 5.96. The Morgan fingerprint density at radius 2 is 1.81 bits per heavy atom. The van der Waals surface area contributed by atoms with Crippen LogP contribution in [0.25, 0.3) is 0 Å². The molecule has 1 N–H and O–H groups in total. The van der Waals surface area contributed by atoms with Gasteiger partial charge >= 0.3 is 0 Å². The van der Waals surface area contributed by atoms with Crippen LogP contribution in [-0.4, -0.2) is 36.5 Å². The zero-order chi connectivity index (χ0) is 14.0. The molecule has 0 bridgehead atoms. The van der Waals surface area contributed by atoms with Gasteiger partial charge in [0.1, 0.15) is 0 Å². The predicted octanol–water partition coefficient (Wildman–Crippen LogP) is 3.37. The zero-order valence-electron chi connectivity index (χ0n) is 13.4. The molecule has 0 aromatic heterocycles. The van der Waals surface area contributed by atoms with Gasteiger partial charge in [-0.2, -0.15) is 0 Å². The van der Waals surface area contributed by atoms with Crippen molar-refractivity contribution in [3.63, 3.8) is 0 Å². The Balaban J connectivity index is 0.00000161. The van der Waals surface area contributed by atoms with E-state index in [0.29, 0.717) is 5.91 Å². The molecule has 1 unspecified atom stereocenters. The van der Waals surface area contributed by atoms with Gasteiger partial charge < -0.3 is 10.2 Å². The van der Waals surface area contributed by atoms with Crippen LogP contribution in [0.4, 0.5) is 0 Å². The molecule has 1 aliphatic carbocycles. The number of carbonyl (C=O) groups is 1. The van der Waals surface area contributed by atoms with Crippen molar-refractivity contribution in [3.05, 3.63) is 0 Å². The van der Waals surface area contributed by atoms with Gasteiger partial charge in [-0.3, -0.25) is 4.79 Å². The Morgan fingerprint density at radius 1 is 1.14 bits per heavy atom. The Bertz CT molecular complexity index is 341. The van der Waals surface area contributed by atoms with Crippen LogP contribution in [0.2, 0.25) is 0 Å². The molecule has 122 valence electrons. The third kappa shape index (κ3) is 3.39. The van der Waals surface area contributed by atoms with Crippen molar-refractivity contribution in [2.75, 3.05) is 19.6 Å².